The van der Waals surface area contributed by atoms with Crippen LogP contribution in [0.5, 0.6) is 0 Å². The summed E-state index contributed by atoms with van der Waals surface area (Å²) in [6, 6.07) is 3.88. The minimum absolute atomic E-state index is 0.110. The molecule has 0 N–H and O–H groups in total. The smallest absolute Gasteiger partial charge is 0.160 e. The second-order valence-corrected chi connectivity index (χ2v) is 5.43. The highest BCUT2D eigenvalue weighted by Gasteiger charge is 2.21. The molecule has 0 saturated carbocycles. The zero-order valence-corrected chi connectivity index (χ0v) is 11.1. The van der Waals surface area contributed by atoms with E-state index in [9.17, 15) is 0 Å². The summed E-state index contributed by atoms with van der Waals surface area (Å²) in [5.41, 5.74) is 1.84. The fourth-order valence-corrected chi connectivity index (χ4v) is 2.61. The Labute approximate surface area is 111 Å². The fraction of sp³-hybridized carbons (Fsp3) is 0.538. The van der Waals surface area contributed by atoms with Crippen molar-refractivity contribution in [3.63, 3.8) is 0 Å². The number of hydrogen-bond donors (Lipinski definition) is 0. The molecule has 1 fully saturated rings. The van der Waals surface area contributed by atoms with E-state index >= 15 is 0 Å². The first-order valence-corrected chi connectivity index (χ1v) is 6.72. The Kier molecular flexibility index (Phi) is 3.22. The molecule has 0 aliphatic carbocycles. The van der Waals surface area contributed by atoms with Crippen molar-refractivity contribution in [2.75, 3.05) is 13.2 Å². The van der Waals surface area contributed by atoms with Gasteiger partial charge in [-0.1, -0.05) is 0 Å². The first-order valence-electron chi connectivity index (χ1n) is 6.28. The van der Waals surface area contributed by atoms with Gasteiger partial charge in [-0.25, -0.2) is 9.97 Å². The third-order valence-corrected chi connectivity index (χ3v) is 3.55. The Hall–Kier alpha value is -1.13. The zero-order chi connectivity index (χ0) is 12.5. The van der Waals surface area contributed by atoms with Crippen molar-refractivity contribution >= 4 is 22.8 Å². The van der Waals surface area contributed by atoms with Gasteiger partial charge in [0, 0.05) is 25.3 Å². The summed E-state index contributed by atoms with van der Waals surface area (Å²) in [5.74, 6) is 1.44. The van der Waals surface area contributed by atoms with Gasteiger partial charge in [0.15, 0.2) is 5.65 Å². The van der Waals surface area contributed by atoms with Gasteiger partial charge < -0.3 is 9.30 Å². The molecule has 1 aliphatic rings. The molecule has 2 aromatic heterocycles. The van der Waals surface area contributed by atoms with E-state index in [1.54, 1.807) is 6.20 Å². The summed E-state index contributed by atoms with van der Waals surface area (Å²) in [4.78, 5) is 9.01. The number of rotatable bonds is 3. The molecule has 18 heavy (non-hydrogen) atoms. The molecular weight excluding hydrogens is 250 g/mol. The number of ether oxygens (including phenoxy) is 1. The van der Waals surface area contributed by atoms with Crippen LogP contribution in [0.2, 0.25) is 0 Å². The summed E-state index contributed by atoms with van der Waals surface area (Å²) >= 11 is 6.22. The highest BCUT2D eigenvalue weighted by atomic mass is 35.5. The Balaban J connectivity index is 2.03. The Morgan fingerprint density at radius 1 is 1.61 bits per heavy atom. The van der Waals surface area contributed by atoms with E-state index in [0.29, 0.717) is 5.92 Å². The third kappa shape index (κ3) is 2.10. The fourth-order valence-electron chi connectivity index (χ4n) is 2.45. The van der Waals surface area contributed by atoms with Crippen molar-refractivity contribution in [3.05, 3.63) is 24.2 Å². The average Bonchev–Trinajstić information content (AvgIpc) is 2.98. The molecule has 1 saturated heterocycles. The van der Waals surface area contributed by atoms with Crippen LogP contribution in [0.4, 0.5) is 0 Å². The number of hydrogen-bond acceptors (Lipinski definition) is 3. The van der Waals surface area contributed by atoms with Gasteiger partial charge in [0.2, 0.25) is 0 Å². The maximum atomic E-state index is 6.22. The highest BCUT2D eigenvalue weighted by Crippen LogP contribution is 2.26. The van der Waals surface area contributed by atoms with E-state index < -0.39 is 0 Å². The first kappa shape index (κ1) is 11.9. The van der Waals surface area contributed by atoms with E-state index in [4.69, 9.17) is 16.3 Å². The molecule has 4 nitrogen and oxygen atoms in total. The number of nitrogens with zero attached hydrogens (tertiary/aromatic N) is 3. The molecule has 1 aliphatic heterocycles. The summed E-state index contributed by atoms with van der Waals surface area (Å²) in [7, 11) is 0. The Morgan fingerprint density at radius 3 is 3.22 bits per heavy atom. The van der Waals surface area contributed by atoms with Crippen LogP contribution in [-0.4, -0.2) is 27.7 Å². The van der Waals surface area contributed by atoms with Crippen LogP contribution in [0, 0.1) is 5.92 Å². The lowest BCUT2D eigenvalue weighted by Crippen LogP contribution is -2.14. The van der Waals surface area contributed by atoms with Gasteiger partial charge in [-0.15, -0.1) is 11.6 Å². The monoisotopic (exact) mass is 265 g/mol. The van der Waals surface area contributed by atoms with Gasteiger partial charge >= 0.3 is 0 Å². The second kappa shape index (κ2) is 4.86. The molecule has 2 unspecified atom stereocenters. The van der Waals surface area contributed by atoms with Crippen LogP contribution in [0.3, 0.4) is 0 Å². The van der Waals surface area contributed by atoms with E-state index in [1.165, 1.54) is 0 Å². The Bertz CT molecular complexity index is 546. The molecule has 0 radical (unpaired) electrons. The van der Waals surface area contributed by atoms with Crippen LogP contribution in [0.25, 0.3) is 11.2 Å². The molecular formula is C13H16ClN3O. The lowest BCUT2D eigenvalue weighted by molar-refractivity contribution is 0.182. The molecule has 3 rings (SSSR count). The highest BCUT2D eigenvalue weighted by molar-refractivity contribution is 6.20. The van der Waals surface area contributed by atoms with Crippen LogP contribution in [-0.2, 0) is 11.3 Å². The van der Waals surface area contributed by atoms with E-state index in [0.717, 1.165) is 43.2 Å². The SMILES string of the molecule is CC(Cl)c1nc2cccnc2n1CC1CCOC1. The predicted octanol–water partition coefficient (Wildman–Crippen LogP) is 2.77. The van der Waals surface area contributed by atoms with Gasteiger partial charge in [-0.05, 0) is 25.5 Å². The van der Waals surface area contributed by atoms with Gasteiger partial charge in [-0.3, -0.25) is 0 Å². The number of imidazole rings is 1. The predicted molar refractivity (Wildman–Crippen MR) is 70.7 cm³/mol. The zero-order valence-electron chi connectivity index (χ0n) is 10.3. The van der Waals surface area contributed by atoms with Crippen LogP contribution < -0.4 is 0 Å². The maximum absolute atomic E-state index is 6.22. The van der Waals surface area contributed by atoms with Gasteiger partial charge in [-0.2, -0.15) is 0 Å². The lowest BCUT2D eigenvalue weighted by atomic mass is 10.1. The number of fused-ring (bicyclic) bond motifs is 1. The molecule has 3 heterocycles. The first-order chi connectivity index (χ1) is 8.75. The van der Waals surface area contributed by atoms with Crippen LogP contribution >= 0.6 is 11.6 Å². The van der Waals surface area contributed by atoms with Crippen LogP contribution in [0.1, 0.15) is 24.5 Å². The lowest BCUT2D eigenvalue weighted by Gasteiger charge is -2.13. The van der Waals surface area contributed by atoms with Crippen molar-refractivity contribution in [1.82, 2.24) is 14.5 Å². The molecule has 0 spiro atoms. The van der Waals surface area contributed by atoms with Gasteiger partial charge in [0.05, 0.1) is 12.0 Å². The van der Waals surface area contributed by atoms with E-state index in [1.807, 2.05) is 19.1 Å². The number of halogens is 1. The summed E-state index contributed by atoms with van der Waals surface area (Å²) in [6.07, 6.45) is 2.90. The quantitative estimate of drug-likeness (QED) is 0.801. The molecule has 0 bridgehead atoms. The van der Waals surface area contributed by atoms with E-state index in [-0.39, 0.29) is 5.38 Å². The minimum Gasteiger partial charge on any atom is -0.381 e. The summed E-state index contributed by atoms with van der Waals surface area (Å²) in [6.45, 7) is 4.52. The normalized spacial score (nSPS) is 21.6. The van der Waals surface area contributed by atoms with Crippen molar-refractivity contribution < 1.29 is 4.74 Å². The minimum atomic E-state index is -0.110. The number of alkyl halides is 1. The number of pyridine rings is 1. The Morgan fingerprint density at radius 2 is 2.50 bits per heavy atom. The van der Waals surface area contributed by atoms with Gasteiger partial charge in [0.25, 0.3) is 0 Å². The van der Waals surface area contributed by atoms with Crippen LogP contribution in [0.15, 0.2) is 18.3 Å². The second-order valence-electron chi connectivity index (χ2n) is 4.77. The molecule has 0 amide bonds. The summed E-state index contributed by atoms with van der Waals surface area (Å²) in [5, 5.41) is -0.110. The number of aromatic nitrogens is 3. The standard InChI is InChI=1S/C13H16ClN3O/c1-9(14)12-16-11-3-2-5-15-13(11)17(12)7-10-4-6-18-8-10/h2-3,5,9-10H,4,6-8H2,1H3. The van der Waals surface area contributed by atoms with E-state index in [2.05, 4.69) is 14.5 Å². The average molecular weight is 266 g/mol. The van der Waals surface area contributed by atoms with Crippen molar-refractivity contribution in [2.45, 2.75) is 25.3 Å². The molecule has 0 aromatic carbocycles. The third-order valence-electron chi connectivity index (χ3n) is 3.35. The molecule has 96 valence electrons. The molecule has 2 aromatic rings. The van der Waals surface area contributed by atoms with Crippen molar-refractivity contribution in [1.29, 1.82) is 0 Å². The molecule has 2 atom stereocenters. The topological polar surface area (TPSA) is 39.9 Å². The van der Waals surface area contributed by atoms with Crippen molar-refractivity contribution in [2.24, 2.45) is 5.92 Å². The van der Waals surface area contributed by atoms with Gasteiger partial charge in [0.1, 0.15) is 11.3 Å². The maximum Gasteiger partial charge on any atom is 0.160 e. The largest absolute Gasteiger partial charge is 0.381 e. The summed E-state index contributed by atoms with van der Waals surface area (Å²) < 4.78 is 7.58. The molecule has 5 heteroatoms. The van der Waals surface area contributed by atoms with Crippen molar-refractivity contribution in [3.8, 4) is 0 Å².